The lowest BCUT2D eigenvalue weighted by molar-refractivity contribution is 0.0326. The van der Waals surface area contributed by atoms with Crippen LogP contribution in [0.2, 0.25) is 0 Å². The molecule has 2 heteroatoms. The van der Waals surface area contributed by atoms with E-state index < -0.39 is 5.60 Å². The molecular weight excluding hydrogens is 188 g/mol. The van der Waals surface area contributed by atoms with E-state index >= 15 is 0 Å². The fraction of sp³-hybridized carbons (Fsp3) is 0.538. The lowest BCUT2D eigenvalue weighted by Gasteiger charge is -2.25. The first-order valence-electron chi connectivity index (χ1n) is 5.49. The average molecular weight is 208 g/mol. The Morgan fingerprint density at radius 1 is 1.27 bits per heavy atom. The van der Waals surface area contributed by atoms with Gasteiger partial charge in [0.15, 0.2) is 0 Å². The highest BCUT2D eigenvalue weighted by atomic mass is 16.5. The molecule has 2 nitrogen and oxygen atoms in total. The van der Waals surface area contributed by atoms with Crippen molar-refractivity contribution in [3.63, 3.8) is 0 Å². The Morgan fingerprint density at radius 3 is 2.47 bits per heavy atom. The third-order valence-corrected chi connectivity index (χ3v) is 2.98. The van der Waals surface area contributed by atoms with Crippen molar-refractivity contribution in [1.29, 1.82) is 0 Å². The van der Waals surface area contributed by atoms with Crippen molar-refractivity contribution in [2.24, 2.45) is 0 Å². The van der Waals surface area contributed by atoms with Crippen LogP contribution in [0.15, 0.2) is 24.3 Å². The van der Waals surface area contributed by atoms with Gasteiger partial charge < -0.3 is 9.84 Å². The molecule has 84 valence electrons. The van der Waals surface area contributed by atoms with Crippen LogP contribution in [0.5, 0.6) is 5.75 Å². The minimum atomic E-state index is -0.577. The van der Waals surface area contributed by atoms with Crippen LogP contribution in [0.4, 0.5) is 0 Å². The van der Waals surface area contributed by atoms with Gasteiger partial charge in [0.2, 0.25) is 0 Å². The highest BCUT2D eigenvalue weighted by Crippen LogP contribution is 2.23. The van der Waals surface area contributed by atoms with Crippen molar-refractivity contribution in [2.75, 3.05) is 7.11 Å². The monoisotopic (exact) mass is 208 g/mol. The Labute approximate surface area is 91.9 Å². The molecule has 0 aromatic heterocycles. The van der Waals surface area contributed by atoms with E-state index in [1.54, 1.807) is 7.11 Å². The lowest BCUT2D eigenvalue weighted by atomic mass is 9.89. The first-order chi connectivity index (χ1) is 7.13. The van der Waals surface area contributed by atoms with Gasteiger partial charge >= 0.3 is 0 Å². The van der Waals surface area contributed by atoms with Gasteiger partial charge in [0.1, 0.15) is 5.75 Å². The first-order valence-corrected chi connectivity index (χ1v) is 5.49. The van der Waals surface area contributed by atoms with Crippen LogP contribution >= 0.6 is 0 Å². The molecule has 0 heterocycles. The fourth-order valence-corrected chi connectivity index (χ4v) is 1.66. The van der Waals surface area contributed by atoms with Crippen LogP contribution < -0.4 is 4.74 Å². The zero-order valence-electron chi connectivity index (χ0n) is 9.79. The topological polar surface area (TPSA) is 29.5 Å². The standard InChI is InChI=1S/C13H20O2/c1-4-13(14,5-2)10-11-7-6-8-12(9-11)15-3/h6-9,14H,4-5,10H2,1-3H3. The summed E-state index contributed by atoms with van der Waals surface area (Å²) in [7, 11) is 1.66. The summed E-state index contributed by atoms with van der Waals surface area (Å²) in [5.74, 6) is 0.849. The summed E-state index contributed by atoms with van der Waals surface area (Å²) in [5.41, 5.74) is 0.548. The fourth-order valence-electron chi connectivity index (χ4n) is 1.66. The summed E-state index contributed by atoms with van der Waals surface area (Å²) < 4.78 is 5.15. The maximum absolute atomic E-state index is 10.2. The molecule has 0 bridgehead atoms. The Kier molecular flexibility index (Phi) is 4.15. The number of aliphatic hydroxyl groups is 1. The van der Waals surface area contributed by atoms with Crippen LogP contribution in [-0.4, -0.2) is 17.8 Å². The van der Waals surface area contributed by atoms with Crippen molar-refractivity contribution in [2.45, 2.75) is 38.7 Å². The van der Waals surface area contributed by atoms with Gasteiger partial charge in [0.25, 0.3) is 0 Å². The first kappa shape index (κ1) is 12.1. The lowest BCUT2D eigenvalue weighted by Crippen LogP contribution is -2.29. The number of methoxy groups -OCH3 is 1. The number of hydrogen-bond acceptors (Lipinski definition) is 2. The van der Waals surface area contributed by atoms with Gasteiger partial charge in [-0.25, -0.2) is 0 Å². The van der Waals surface area contributed by atoms with E-state index in [-0.39, 0.29) is 0 Å². The maximum Gasteiger partial charge on any atom is 0.119 e. The molecule has 0 atom stereocenters. The molecule has 1 aromatic rings. The molecule has 0 aliphatic heterocycles. The third kappa shape index (κ3) is 3.24. The molecule has 0 amide bonds. The highest BCUT2D eigenvalue weighted by molar-refractivity contribution is 5.29. The van der Waals surface area contributed by atoms with Crippen LogP contribution in [0.25, 0.3) is 0 Å². The normalized spacial score (nSPS) is 11.5. The molecule has 1 aromatic carbocycles. The molecule has 1 N–H and O–H groups in total. The summed E-state index contributed by atoms with van der Waals surface area (Å²) in [4.78, 5) is 0. The molecule has 1 rings (SSSR count). The van der Waals surface area contributed by atoms with Gasteiger partial charge in [-0.1, -0.05) is 26.0 Å². The van der Waals surface area contributed by atoms with Gasteiger partial charge in [0.05, 0.1) is 12.7 Å². The van der Waals surface area contributed by atoms with Gasteiger partial charge in [-0.2, -0.15) is 0 Å². The van der Waals surface area contributed by atoms with Gasteiger partial charge in [0, 0.05) is 6.42 Å². The second-order valence-corrected chi connectivity index (χ2v) is 3.96. The van der Waals surface area contributed by atoms with E-state index in [1.165, 1.54) is 0 Å². The minimum absolute atomic E-state index is 0.577. The summed E-state index contributed by atoms with van der Waals surface area (Å²) in [5, 5.41) is 10.2. The number of hydrogen-bond donors (Lipinski definition) is 1. The van der Waals surface area contributed by atoms with E-state index in [9.17, 15) is 5.11 Å². The van der Waals surface area contributed by atoms with Crippen molar-refractivity contribution >= 4 is 0 Å². The van der Waals surface area contributed by atoms with E-state index in [4.69, 9.17) is 4.74 Å². The molecule has 0 aliphatic carbocycles. The molecule has 0 radical (unpaired) electrons. The van der Waals surface area contributed by atoms with E-state index in [2.05, 4.69) is 0 Å². The zero-order chi connectivity index (χ0) is 11.3. The van der Waals surface area contributed by atoms with Crippen LogP contribution in [0.3, 0.4) is 0 Å². The molecule has 0 spiro atoms. The summed E-state index contributed by atoms with van der Waals surface area (Å²) in [6.45, 7) is 4.04. The summed E-state index contributed by atoms with van der Waals surface area (Å²) >= 11 is 0. The molecule has 0 fully saturated rings. The predicted octanol–water partition coefficient (Wildman–Crippen LogP) is 2.79. The van der Waals surface area contributed by atoms with Gasteiger partial charge in [-0.15, -0.1) is 0 Å². The van der Waals surface area contributed by atoms with Crippen molar-refractivity contribution in [3.8, 4) is 5.75 Å². The summed E-state index contributed by atoms with van der Waals surface area (Å²) in [6.07, 6.45) is 2.25. The minimum Gasteiger partial charge on any atom is -0.497 e. The number of benzene rings is 1. The van der Waals surface area contributed by atoms with Gasteiger partial charge in [-0.3, -0.25) is 0 Å². The van der Waals surface area contributed by atoms with E-state index in [0.717, 1.165) is 24.2 Å². The van der Waals surface area contributed by atoms with Crippen LogP contribution in [-0.2, 0) is 6.42 Å². The Balaban J connectivity index is 2.79. The number of ether oxygens (including phenoxy) is 1. The van der Waals surface area contributed by atoms with Crippen molar-refractivity contribution < 1.29 is 9.84 Å². The second kappa shape index (κ2) is 5.17. The smallest absolute Gasteiger partial charge is 0.119 e. The molecule has 0 unspecified atom stereocenters. The number of rotatable bonds is 5. The van der Waals surface area contributed by atoms with Crippen LogP contribution in [0, 0.1) is 0 Å². The van der Waals surface area contributed by atoms with Crippen LogP contribution in [0.1, 0.15) is 32.3 Å². The average Bonchev–Trinajstić information content (AvgIpc) is 2.29. The zero-order valence-corrected chi connectivity index (χ0v) is 9.79. The Bertz CT molecular complexity index is 303. The maximum atomic E-state index is 10.2. The van der Waals surface area contributed by atoms with Gasteiger partial charge in [-0.05, 0) is 30.5 Å². The van der Waals surface area contributed by atoms with Crippen molar-refractivity contribution in [1.82, 2.24) is 0 Å². The molecule has 0 saturated carbocycles. The van der Waals surface area contributed by atoms with E-state index in [0.29, 0.717) is 6.42 Å². The Hall–Kier alpha value is -1.02. The SMILES string of the molecule is CCC(O)(CC)Cc1cccc(OC)c1. The van der Waals surface area contributed by atoms with E-state index in [1.807, 2.05) is 38.1 Å². The predicted molar refractivity (Wildman–Crippen MR) is 62.2 cm³/mol. The molecule has 15 heavy (non-hydrogen) atoms. The molecule has 0 saturated heterocycles. The van der Waals surface area contributed by atoms with Crippen molar-refractivity contribution in [3.05, 3.63) is 29.8 Å². The molecule has 0 aliphatic rings. The second-order valence-electron chi connectivity index (χ2n) is 3.96. The quantitative estimate of drug-likeness (QED) is 0.806. The largest absolute Gasteiger partial charge is 0.497 e. The third-order valence-electron chi connectivity index (χ3n) is 2.98. The Morgan fingerprint density at radius 2 is 1.93 bits per heavy atom. The summed E-state index contributed by atoms with van der Waals surface area (Å²) in [6, 6.07) is 7.88. The molecular formula is C13H20O2. The highest BCUT2D eigenvalue weighted by Gasteiger charge is 2.22.